The number of amides is 1. The van der Waals surface area contributed by atoms with Crippen molar-refractivity contribution in [3.05, 3.63) is 29.8 Å². The van der Waals surface area contributed by atoms with Gasteiger partial charge in [-0.05, 0) is 24.5 Å². The number of aromatic carboxylic acids is 1. The molecule has 1 amide bonds. The minimum atomic E-state index is -1.07. The fourth-order valence-corrected chi connectivity index (χ4v) is 3.90. The van der Waals surface area contributed by atoms with E-state index >= 15 is 0 Å². The predicted molar refractivity (Wildman–Crippen MR) is 102 cm³/mol. The maximum atomic E-state index is 11.7. The molecule has 3 N–H and O–H groups in total. The molecule has 156 valence electrons. The van der Waals surface area contributed by atoms with E-state index in [0.717, 1.165) is 18.8 Å². The van der Waals surface area contributed by atoms with Crippen LogP contribution in [0, 0.1) is 5.92 Å². The maximum Gasteiger partial charge on any atom is 0.335 e. The van der Waals surface area contributed by atoms with Crippen molar-refractivity contribution in [2.45, 2.75) is 63.7 Å². The Morgan fingerprint density at radius 2 is 2.07 bits per heavy atom. The molecule has 1 aliphatic carbocycles. The summed E-state index contributed by atoms with van der Waals surface area (Å²) in [5.41, 5.74) is 2.02. The Bertz CT molecular complexity index is 832. The van der Waals surface area contributed by atoms with Crippen LogP contribution < -0.4 is 5.48 Å². The van der Waals surface area contributed by atoms with Crippen LogP contribution in [0.3, 0.4) is 0 Å². The Balaban J connectivity index is 1.69. The SMILES string of the molecule is O=C(C[C@@H](CCCC1CCCCC1)c1nc(-c2cc(C(=O)O)ccn2)no1)NO. The summed E-state index contributed by atoms with van der Waals surface area (Å²) in [6.07, 6.45) is 10.5. The van der Waals surface area contributed by atoms with Crippen LogP contribution in [-0.4, -0.2) is 37.3 Å². The predicted octanol–water partition coefficient (Wildman–Crippen LogP) is 3.56. The summed E-state index contributed by atoms with van der Waals surface area (Å²) >= 11 is 0. The standard InChI is InChI=1S/C20H26N4O5/c25-17(23-28)12-14(8-4-7-13-5-2-1-3-6-13)19-22-18(24-29-19)16-11-15(20(26)27)9-10-21-16/h9-11,13-14,28H,1-8,12H2,(H,23,25)(H,26,27)/t14-/m1/s1. The highest BCUT2D eigenvalue weighted by molar-refractivity contribution is 5.88. The van der Waals surface area contributed by atoms with Crippen LogP contribution in [0.4, 0.5) is 0 Å². The summed E-state index contributed by atoms with van der Waals surface area (Å²) < 4.78 is 5.36. The highest BCUT2D eigenvalue weighted by atomic mass is 16.5. The zero-order chi connectivity index (χ0) is 20.6. The van der Waals surface area contributed by atoms with Crippen molar-refractivity contribution in [2.75, 3.05) is 0 Å². The van der Waals surface area contributed by atoms with Crippen LogP contribution in [0.25, 0.3) is 11.5 Å². The molecule has 29 heavy (non-hydrogen) atoms. The van der Waals surface area contributed by atoms with Crippen molar-refractivity contribution in [3.8, 4) is 11.5 Å². The van der Waals surface area contributed by atoms with Gasteiger partial charge in [0.1, 0.15) is 5.69 Å². The first kappa shape index (κ1) is 20.9. The average molecular weight is 402 g/mol. The minimum absolute atomic E-state index is 0.0331. The van der Waals surface area contributed by atoms with Gasteiger partial charge in [-0.1, -0.05) is 50.1 Å². The van der Waals surface area contributed by atoms with E-state index in [0.29, 0.717) is 6.42 Å². The van der Waals surface area contributed by atoms with Crippen molar-refractivity contribution in [1.29, 1.82) is 0 Å². The van der Waals surface area contributed by atoms with E-state index in [1.807, 2.05) is 0 Å². The molecule has 1 atom stereocenters. The number of hydroxylamine groups is 1. The molecular weight excluding hydrogens is 376 g/mol. The molecule has 2 aromatic heterocycles. The Hall–Kier alpha value is -2.81. The Morgan fingerprint density at radius 1 is 1.28 bits per heavy atom. The minimum Gasteiger partial charge on any atom is -0.478 e. The van der Waals surface area contributed by atoms with Crippen LogP contribution in [0.2, 0.25) is 0 Å². The first-order chi connectivity index (χ1) is 14.1. The molecule has 0 unspecified atom stereocenters. The van der Waals surface area contributed by atoms with Gasteiger partial charge in [-0.3, -0.25) is 15.0 Å². The van der Waals surface area contributed by atoms with E-state index in [1.54, 1.807) is 5.48 Å². The van der Waals surface area contributed by atoms with Crippen molar-refractivity contribution in [2.24, 2.45) is 5.92 Å². The molecule has 0 aromatic carbocycles. The number of carbonyl (C=O) groups is 2. The summed E-state index contributed by atoms with van der Waals surface area (Å²) in [5.74, 6) is -0.720. The average Bonchev–Trinajstić information content (AvgIpc) is 3.24. The molecular formula is C20H26N4O5. The van der Waals surface area contributed by atoms with Gasteiger partial charge in [0.2, 0.25) is 17.6 Å². The van der Waals surface area contributed by atoms with Gasteiger partial charge in [0.15, 0.2) is 0 Å². The van der Waals surface area contributed by atoms with Crippen molar-refractivity contribution in [1.82, 2.24) is 20.6 Å². The van der Waals surface area contributed by atoms with Crippen LogP contribution in [0.1, 0.15) is 80.0 Å². The number of hydrogen-bond acceptors (Lipinski definition) is 7. The van der Waals surface area contributed by atoms with Gasteiger partial charge in [-0.2, -0.15) is 4.98 Å². The summed E-state index contributed by atoms with van der Waals surface area (Å²) in [4.78, 5) is 31.3. The lowest BCUT2D eigenvalue weighted by atomic mass is 9.84. The molecule has 1 fully saturated rings. The molecule has 2 heterocycles. The number of hydrogen-bond donors (Lipinski definition) is 3. The molecule has 0 aliphatic heterocycles. The lowest BCUT2D eigenvalue weighted by molar-refractivity contribution is -0.129. The van der Waals surface area contributed by atoms with Crippen molar-refractivity contribution < 1.29 is 24.4 Å². The first-order valence-corrected chi connectivity index (χ1v) is 10.0. The Kier molecular flexibility index (Phi) is 7.29. The van der Waals surface area contributed by atoms with E-state index in [9.17, 15) is 9.59 Å². The van der Waals surface area contributed by atoms with E-state index in [2.05, 4.69) is 15.1 Å². The monoisotopic (exact) mass is 402 g/mol. The van der Waals surface area contributed by atoms with Gasteiger partial charge in [0.25, 0.3) is 0 Å². The third kappa shape index (κ3) is 5.83. The van der Waals surface area contributed by atoms with E-state index in [1.165, 1.54) is 50.4 Å². The summed E-state index contributed by atoms with van der Waals surface area (Å²) in [6.45, 7) is 0. The summed E-state index contributed by atoms with van der Waals surface area (Å²) in [7, 11) is 0. The second-order valence-corrected chi connectivity index (χ2v) is 7.56. The largest absolute Gasteiger partial charge is 0.478 e. The lowest BCUT2D eigenvalue weighted by Gasteiger charge is -2.22. The zero-order valence-electron chi connectivity index (χ0n) is 16.2. The number of pyridine rings is 1. The molecule has 9 nitrogen and oxygen atoms in total. The van der Waals surface area contributed by atoms with E-state index in [4.69, 9.17) is 14.8 Å². The first-order valence-electron chi connectivity index (χ1n) is 10.0. The van der Waals surface area contributed by atoms with E-state index in [-0.39, 0.29) is 35.3 Å². The number of nitrogens with zero attached hydrogens (tertiary/aromatic N) is 3. The number of rotatable bonds is 9. The number of aromatic nitrogens is 3. The molecule has 3 rings (SSSR count). The zero-order valence-corrected chi connectivity index (χ0v) is 16.2. The fraction of sp³-hybridized carbons (Fsp3) is 0.550. The van der Waals surface area contributed by atoms with E-state index < -0.39 is 11.9 Å². The van der Waals surface area contributed by atoms with Gasteiger partial charge in [0.05, 0.1) is 5.56 Å². The second kappa shape index (κ2) is 10.1. The van der Waals surface area contributed by atoms with Crippen molar-refractivity contribution >= 4 is 11.9 Å². The summed E-state index contributed by atoms with van der Waals surface area (Å²) in [6, 6.07) is 2.75. The van der Waals surface area contributed by atoms with Gasteiger partial charge >= 0.3 is 5.97 Å². The molecule has 2 aromatic rings. The smallest absolute Gasteiger partial charge is 0.335 e. The van der Waals surface area contributed by atoms with Crippen LogP contribution >= 0.6 is 0 Å². The normalized spacial score (nSPS) is 15.8. The molecule has 1 aliphatic rings. The lowest BCUT2D eigenvalue weighted by Crippen LogP contribution is -2.21. The Morgan fingerprint density at radius 3 is 2.79 bits per heavy atom. The maximum absolute atomic E-state index is 11.7. The third-order valence-electron chi connectivity index (χ3n) is 5.47. The molecule has 9 heteroatoms. The highest BCUT2D eigenvalue weighted by Gasteiger charge is 2.24. The van der Waals surface area contributed by atoms with Crippen molar-refractivity contribution in [3.63, 3.8) is 0 Å². The molecule has 0 spiro atoms. The second-order valence-electron chi connectivity index (χ2n) is 7.56. The van der Waals surface area contributed by atoms with Gasteiger partial charge in [0, 0.05) is 18.5 Å². The number of carbonyl (C=O) groups excluding carboxylic acids is 1. The quantitative estimate of drug-likeness (QED) is 0.427. The molecule has 0 radical (unpaired) electrons. The summed E-state index contributed by atoms with van der Waals surface area (Å²) in [5, 5.41) is 21.9. The highest BCUT2D eigenvalue weighted by Crippen LogP contribution is 2.31. The van der Waals surface area contributed by atoms with Crippen LogP contribution in [0.15, 0.2) is 22.9 Å². The van der Waals surface area contributed by atoms with Gasteiger partial charge in [-0.15, -0.1) is 0 Å². The van der Waals surface area contributed by atoms with Gasteiger partial charge in [-0.25, -0.2) is 10.3 Å². The fourth-order valence-electron chi connectivity index (χ4n) is 3.90. The number of carboxylic acids is 1. The third-order valence-corrected chi connectivity index (χ3v) is 5.47. The number of carboxylic acid groups (broad SMARTS) is 1. The molecule has 1 saturated carbocycles. The number of nitrogens with one attached hydrogen (secondary N) is 1. The molecule has 0 bridgehead atoms. The Labute approximate surface area is 168 Å². The molecule has 0 saturated heterocycles. The topological polar surface area (TPSA) is 138 Å². The van der Waals surface area contributed by atoms with Gasteiger partial charge < -0.3 is 9.63 Å². The van der Waals surface area contributed by atoms with Crippen LogP contribution in [0.5, 0.6) is 0 Å². The van der Waals surface area contributed by atoms with Crippen LogP contribution in [-0.2, 0) is 4.79 Å².